The highest BCUT2D eigenvalue weighted by molar-refractivity contribution is 5.71. The molecule has 0 spiro atoms. The Bertz CT molecular complexity index is 402. The average Bonchev–Trinajstić information content (AvgIpc) is 2.74. The maximum atomic E-state index is 11.3. The molecule has 0 N–H and O–H groups in total. The van der Waals surface area contributed by atoms with Crippen LogP contribution in [0.5, 0.6) is 0 Å². The second-order valence-electron chi connectivity index (χ2n) is 5.28. The molecule has 0 amide bonds. The molecule has 6 heteroatoms. The van der Waals surface area contributed by atoms with Gasteiger partial charge in [-0.25, -0.2) is 0 Å². The van der Waals surface area contributed by atoms with Crippen LogP contribution >= 0.6 is 0 Å². The molecule has 0 atom stereocenters. The van der Waals surface area contributed by atoms with E-state index in [1.807, 2.05) is 18.7 Å². The van der Waals surface area contributed by atoms with E-state index in [4.69, 9.17) is 4.52 Å². The van der Waals surface area contributed by atoms with Crippen LogP contribution in [0.2, 0.25) is 0 Å². The minimum atomic E-state index is -0.268. The summed E-state index contributed by atoms with van der Waals surface area (Å²) in [6, 6.07) is 0.194. The van der Waals surface area contributed by atoms with Crippen molar-refractivity contribution < 1.29 is 14.1 Å². The van der Waals surface area contributed by atoms with E-state index < -0.39 is 0 Å². The van der Waals surface area contributed by atoms with E-state index in [0.29, 0.717) is 24.2 Å². The first-order chi connectivity index (χ1) is 8.92. The highest BCUT2D eigenvalue weighted by atomic mass is 16.5. The lowest BCUT2D eigenvalue weighted by molar-refractivity contribution is -0.142. The van der Waals surface area contributed by atoms with Gasteiger partial charge in [-0.3, -0.25) is 9.69 Å². The van der Waals surface area contributed by atoms with E-state index in [0.717, 1.165) is 6.42 Å². The van der Waals surface area contributed by atoms with Gasteiger partial charge in [-0.2, -0.15) is 4.98 Å². The molecule has 19 heavy (non-hydrogen) atoms. The van der Waals surface area contributed by atoms with Gasteiger partial charge in [0.05, 0.1) is 20.2 Å². The predicted octanol–water partition coefficient (Wildman–Crippen LogP) is 1.65. The van der Waals surface area contributed by atoms with Crippen LogP contribution in [0, 0.1) is 5.92 Å². The summed E-state index contributed by atoms with van der Waals surface area (Å²) < 4.78 is 9.89. The molecule has 0 saturated heterocycles. The highest BCUT2D eigenvalue weighted by Gasteiger charge is 2.18. The molecule has 0 saturated carbocycles. The highest BCUT2D eigenvalue weighted by Crippen LogP contribution is 2.09. The minimum absolute atomic E-state index is 0.194. The first-order valence-corrected chi connectivity index (χ1v) is 6.54. The summed E-state index contributed by atoms with van der Waals surface area (Å²) in [7, 11) is 1.38. The minimum Gasteiger partial charge on any atom is -0.468 e. The SMILES string of the molecule is COC(=O)CN(Cc1nc(CC(C)C)no1)C(C)C. The molecular weight excluding hydrogens is 246 g/mol. The molecule has 1 heterocycles. The van der Waals surface area contributed by atoms with E-state index in [1.165, 1.54) is 7.11 Å². The van der Waals surface area contributed by atoms with Gasteiger partial charge in [0.15, 0.2) is 5.82 Å². The van der Waals surface area contributed by atoms with E-state index in [-0.39, 0.29) is 18.6 Å². The van der Waals surface area contributed by atoms with E-state index in [1.54, 1.807) is 0 Å². The van der Waals surface area contributed by atoms with Crippen molar-refractivity contribution in [1.29, 1.82) is 0 Å². The van der Waals surface area contributed by atoms with Crippen molar-refractivity contribution in [2.75, 3.05) is 13.7 Å². The van der Waals surface area contributed by atoms with Gasteiger partial charge in [0.1, 0.15) is 0 Å². The number of aromatic nitrogens is 2. The zero-order chi connectivity index (χ0) is 14.4. The molecular formula is C13H23N3O3. The number of carbonyl (C=O) groups is 1. The van der Waals surface area contributed by atoms with Crippen LogP contribution in [0.3, 0.4) is 0 Å². The summed E-state index contributed by atoms with van der Waals surface area (Å²) in [5.41, 5.74) is 0. The topological polar surface area (TPSA) is 68.5 Å². The summed E-state index contributed by atoms with van der Waals surface area (Å²) in [5, 5.41) is 3.94. The second-order valence-corrected chi connectivity index (χ2v) is 5.28. The van der Waals surface area contributed by atoms with E-state index >= 15 is 0 Å². The van der Waals surface area contributed by atoms with Crippen molar-refractivity contribution in [2.45, 2.75) is 46.7 Å². The molecule has 0 aliphatic rings. The summed E-state index contributed by atoms with van der Waals surface area (Å²) >= 11 is 0. The Morgan fingerprint density at radius 1 is 1.37 bits per heavy atom. The van der Waals surface area contributed by atoms with Crippen molar-refractivity contribution in [3.05, 3.63) is 11.7 Å². The third kappa shape index (κ3) is 5.38. The lowest BCUT2D eigenvalue weighted by atomic mass is 10.1. The molecule has 1 aromatic heterocycles. The quantitative estimate of drug-likeness (QED) is 0.701. The fourth-order valence-electron chi connectivity index (χ4n) is 1.63. The molecule has 0 fully saturated rings. The molecule has 6 nitrogen and oxygen atoms in total. The molecule has 0 unspecified atom stereocenters. The largest absolute Gasteiger partial charge is 0.468 e. The van der Waals surface area contributed by atoms with Gasteiger partial charge in [0.25, 0.3) is 0 Å². The van der Waals surface area contributed by atoms with Crippen molar-refractivity contribution in [2.24, 2.45) is 5.92 Å². The summed E-state index contributed by atoms with van der Waals surface area (Å²) in [4.78, 5) is 17.6. The first-order valence-electron chi connectivity index (χ1n) is 6.54. The van der Waals surface area contributed by atoms with Crippen LogP contribution in [0.4, 0.5) is 0 Å². The van der Waals surface area contributed by atoms with Crippen LogP contribution < -0.4 is 0 Å². The third-order valence-electron chi connectivity index (χ3n) is 2.73. The number of hydrogen-bond donors (Lipinski definition) is 0. The standard InChI is InChI=1S/C13H23N3O3/c1-9(2)6-11-14-12(19-15-11)7-16(10(3)4)8-13(17)18-5/h9-10H,6-8H2,1-5H3. The average molecular weight is 269 g/mol. The zero-order valence-corrected chi connectivity index (χ0v) is 12.3. The van der Waals surface area contributed by atoms with E-state index in [2.05, 4.69) is 28.7 Å². The third-order valence-corrected chi connectivity index (χ3v) is 2.73. The molecule has 0 aromatic carbocycles. The van der Waals surface area contributed by atoms with Gasteiger partial charge in [0.2, 0.25) is 5.89 Å². The van der Waals surface area contributed by atoms with Gasteiger partial charge in [-0.1, -0.05) is 19.0 Å². The monoisotopic (exact) mass is 269 g/mol. The number of methoxy groups -OCH3 is 1. The second kappa shape index (κ2) is 7.23. The van der Waals surface area contributed by atoms with Crippen LogP contribution in [-0.2, 0) is 22.5 Å². The van der Waals surface area contributed by atoms with Crippen LogP contribution in [0.25, 0.3) is 0 Å². The smallest absolute Gasteiger partial charge is 0.319 e. The summed E-state index contributed by atoms with van der Waals surface area (Å²) in [6.07, 6.45) is 0.794. The van der Waals surface area contributed by atoms with Gasteiger partial charge < -0.3 is 9.26 Å². The van der Waals surface area contributed by atoms with Crippen LogP contribution in [0.15, 0.2) is 4.52 Å². The Morgan fingerprint density at radius 3 is 2.58 bits per heavy atom. The number of esters is 1. The van der Waals surface area contributed by atoms with Gasteiger partial charge >= 0.3 is 5.97 Å². The van der Waals surface area contributed by atoms with E-state index in [9.17, 15) is 4.79 Å². The first kappa shape index (κ1) is 15.6. The Balaban J connectivity index is 2.63. The molecule has 1 rings (SSSR count). The fraction of sp³-hybridized carbons (Fsp3) is 0.769. The van der Waals surface area contributed by atoms with Gasteiger partial charge in [-0.05, 0) is 19.8 Å². The Kier molecular flexibility index (Phi) is 5.95. The number of ether oxygens (including phenoxy) is 1. The van der Waals surface area contributed by atoms with Crippen LogP contribution in [-0.4, -0.2) is 40.7 Å². The Labute approximate surface area is 114 Å². The van der Waals surface area contributed by atoms with Crippen molar-refractivity contribution in [1.82, 2.24) is 15.0 Å². The molecule has 0 aliphatic heterocycles. The van der Waals surface area contributed by atoms with Crippen molar-refractivity contribution in [3.63, 3.8) is 0 Å². The Hall–Kier alpha value is -1.43. The summed E-state index contributed by atoms with van der Waals surface area (Å²) in [6.45, 7) is 8.90. The zero-order valence-electron chi connectivity index (χ0n) is 12.3. The molecule has 0 bridgehead atoms. The van der Waals surface area contributed by atoms with Crippen LogP contribution in [0.1, 0.15) is 39.4 Å². The normalized spacial score (nSPS) is 11.6. The Morgan fingerprint density at radius 2 is 2.05 bits per heavy atom. The lowest BCUT2D eigenvalue weighted by Gasteiger charge is -2.22. The fourth-order valence-corrected chi connectivity index (χ4v) is 1.63. The number of rotatable bonds is 7. The molecule has 1 aromatic rings. The number of carbonyl (C=O) groups excluding carboxylic acids is 1. The van der Waals surface area contributed by atoms with Gasteiger partial charge in [0, 0.05) is 12.5 Å². The molecule has 108 valence electrons. The number of nitrogens with zero attached hydrogens (tertiary/aromatic N) is 3. The maximum absolute atomic E-state index is 11.3. The molecule has 0 aliphatic carbocycles. The molecule has 0 radical (unpaired) electrons. The predicted molar refractivity (Wildman–Crippen MR) is 70.4 cm³/mol. The van der Waals surface area contributed by atoms with Crippen molar-refractivity contribution >= 4 is 5.97 Å². The summed E-state index contributed by atoms with van der Waals surface area (Å²) in [5.74, 6) is 1.47. The van der Waals surface area contributed by atoms with Gasteiger partial charge in [-0.15, -0.1) is 0 Å². The van der Waals surface area contributed by atoms with Crippen molar-refractivity contribution in [3.8, 4) is 0 Å². The maximum Gasteiger partial charge on any atom is 0.319 e. The number of hydrogen-bond acceptors (Lipinski definition) is 6. The lowest BCUT2D eigenvalue weighted by Crippen LogP contribution is -2.35.